The molecule has 1 fully saturated rings. The summed E-state index contributed by atoms with van der Waals surface area (Å²) in [6, 6.07) is 3.83. The van der Waals surface area contributed by atoms with Crippen molar-refractivity contribution in [3.05, 3.63) is 17.7 Å². The van der Waals surface area contributed by atoms with Gasteiger partial charge in [0.15, 0.2) is 23.2 Å². The molecule has 1 aliphatic carbocycles. The minimum atomic E-state index is -0.590. The summed E-state index contributed by atoms with van der Waals surface area (Å²) in [7, 11) is 2.99. The number of nitrogens with one attached hydrogen (secondary N) is 2. The first-order chi connectivity index (χ1) is 13.0. The normalized spacial score (nSPS) is 14.6. The molecule has 1 aliphatic rings. The lowest BCUT2D eigenvalue weighted by Gasteiger charge is -2.23. The third-order valence-electron chi connectivity index (χ3n) is 4.16. The first-order valence-corrected chi connectivity index (χ1v) is 9.21. The number of carbonyl (C=O) groups excluding carboxylic acids is 1. The summed E-state index contributed by atoms with van der Waals surface area (Å²) in [5.41, 5.74) is 8.66. The third kappa shape index (κ3) is 6.59. The molecule has 1 saturated carbocycles. The molecule has 0 aromatic heterocycles. The van der Waals surface area contributed by atoms with Gasteiger partial charge in [0, 0.05) is 11.6 Å². The average molecular weight is 394 g/mol. The fourth-order valence-corrected chi connectivity index (χ4v) is 3.11. The number of thiocarbonyl (C=S) groups is 1. The van der Waals surface area contributed by atoms with Gasteiger partial charge in [-0.05, 0) is 37.2 Å². The van der Waals surface area contributed by atoms with Crippen LogP contribution in [0.1, 0.15) is 37.7 Å². The summed E-state index contributed by atoms with van der Waals surface area (Å²) in [6.07, 6.45) is 7.61. The maximum atomic E-state index is 11.0. The molecule has 1 amide bonds. The van der Waals surface area contributed by atoms with Crippen molar-refractivity contribution in [3.8, 4) is 17.2 Å². The molecule has 0 atom stereocenters. The third-order valence-corrected chi connectivity index (χ3v) is 4.37. The van der Waals surface area contributed by atoms with Crippen LogP contribution in [0.2, 0.25) is 0 Å². The molecule has 1 aromatic carbocycles. The fraction of sp³-hybridized carbons (Fsp3) is 0.500. The van der Waals surface area contributed by atoms with E-state index in [0.29, 0.717) is 34.0 Å². The second kappa shape index (κ2) is 10.6. The van der Waals surface area contributed by atoms with Crippen molar-refractivity contribution in [2.45, 2.75) is 38.1 Å². The zero-order valence-electron chi connectivity index (χ0n) is 15.6. The number of ether oxygens (including phenoxy) is 3. The van der Waals surface area contributed by atoms with Gasteiger partial charge in [0.05, 0.1) is 20.4 Å². The molecule has 8 nitrogen and oxygen atoms in total. The Morgan fingerprint density at radius 3 is 2.44 bits per heavy atom. The van der Waals surface area contributed by atoms with E-state index in [-0.39, 0.29) is 6.61 Å². The van der Waals surface area contributed by atoms with Crippen molar-refractivity contribution in [2.24, 2.45) is 10.8 Å². The summed E-state index contributed by atoms with van der Waals surface area (Å²) in [5, 5.41) is 7.94. The number of amides is 1. The number of nitrogens with two attached hydrogens (primary N) is 1. The molecule has 0 unspecified atom stereocenters. The van der Waals surface area contributed by atoms with E-state index in [2.05, 4.69) is 15.8 Å². The van der Waals surface area contributed by atoms with Gasteiger partial charge in [0.1, 0.15) is 0 Å². The predicted molar refractivity (Wildman–Crippen MR) is 108 cm³/mol. The Morgan fingerprint density at radius 2 is 1.89 bits per heavy atom. The second-order valence-electron chi connectivity index (χ2n) is 6.19. The lowest BCUT2D eigenvalue weighted by Crippen LogP contribution is -2.40. The Morgan fingerprint density at radius 1 is 1.26 bits per heavy atom. The highest BCUT2D eigenvalue weighted by Crippen LogP contribution is 2.38. The monoisotopic (exact) mass is 394 g/mol. The van der Waals surface area contributed by atoms with E-state index >= 15 is 0 Å². The molecule has 9 heteroatoms. The van der Waals surface area contributed by atoms with Crippen molar-refractivity contribution in [1.29, 1.82) is 0 Å². The van der Waals surface area contributed by atoms with Crippen LogP contribution in [0, 0.1) is 0 Å². The minimum Gasteiger partial charge on any atom is -0.493 e. The highest BCUT2D eigenvalue weighted by Gasteiger charge is 2.15. The van der Waals surface area contributed by atoms with Crippen LogP contribution in [-0.2, 0) is 4.79 Å². The van der Waals surface area contributed by atoms with E-state index in [9.17, 15) is 4.79 Å². The van der Waals surface area contributed by atoms with Gasteiger partial charge in [0.2, 0.25) is 5.75 Å². The van der Waals surface area contributed by atoms with Crippen LogP contribution in [0.25, 0.3) is 0 Å². The van der Waals surface area contributed by atoms with Crippen molar-refractivity contribution >= 4 is 29.5 Å². The number of methoxy groups -OCH3 is 2. The summed E-state index contributed by atoms with van der Waals surface area (Å²) < 4.78 is 16.0. The maximum Gasteiger partial charge on any atom is 0.255 e. The van der Waals surface area contributed by atoms with E-state index < -0.39 is 5.91 Å². The number of benzene rings is 1. The maximum absolute atomic E-state index is 11.0. The Kier molecular flexibility index (Phi) is 8.12. The number of carbonyl (C=O) groups is 1. The van der Waals surface area contributed by atoms with Gasteiger partial charge in [-0.3, -0.25) is 10.2 Å². The predicted octanol–water partition coefficient (Wildman–Crippen LogP) is 1.70. The molecule has 0 saturated heterocycles. The van der Waals surface area contributed by atoms with E-state index in [1.807, 2.05) is 0 Å². The molecule has 4 N–H and O–H groups in total. The lowest BCUT2D eigenvalue weighted by atomic mass is 9.96. The summed E-state index contributed by atoms with van der Waals surface area (Å²) in [6.45, 7) is -0.275. The smallest absolute Gasteiger partial charge is 0.255 e. The summed E-state index contributed by atoms with van der Waals surface area (Å²) in [4.78, 5) is 11.0. The molecule has 0 aliphatic heterocycles. The second-order valence-corrected chi connectivity index (χ2v) is 6.60. The quantitative estimate of drug-likeness (QED) is 0.350. The highest BCUT2D eigenvalue weighted by molar-refractivity contribution is 7.80. The molecule has 0 radical (unpaired) electrons. The first kappa shape index (κ1) is 20.8. The van der Waals surface area contributed by atoms with Crippen LogP contribution in [0.15, 0.2) is 17.2 Å². The van der Waals surface area contributed by atoms with Gasteiger partial charge >= 0.3 is 0 Å². The van der Waals surface area contributed by atoms with E-state index in [0.717, 1.165) is 12.8 Å². The van der Waals surface area contributed by atoms with Crippen molar-refractivity contribution in [1.82, 2.24) is 10.7 Å². The number of nitrogens with zero attached hydrogens (tertiary/aromatic N) is 1. The Bertz CT molecular complexity index is 665. The van der Waals surface area contributed by atoms with E-state index in [1.54, 1.807) is 18.3 Å². The first-order valence-electron chi connectivity index (χ1n) is 8.80. The molecule has 148 valence electrons. The molecule has 1 aromatic rings. The van der Waals surface area contributed by atoms with Crippen molar-refractivity contribution < 1.29 is 19.0 Å². The molecule has 0 bridgehead atoms. The van der Waals surface area contributed by atoms with Gasteiger partial charge in [0.25, 0.3) is 5.91 Å². The van der Waals surface area contributed by atoms with Crippen LogP contribution < -0.4 is 30.7 Å². The average Bonchev–Trinajstić information content (AvgIpc) is 2.66. The number of hydrazone groups is 1. The topological polar surface area (TPSA) is 107 Å². The number of rotatable bonds is 8. The van der Waals surface area contributed by atoms with Crippen LogP contribution in [0.5, 0.6) is 17.2 Å². The van der Waals surface area contributed by atoms with E-state index in [4.69, 9.17) is 32.2 Å². The SMILES string of the molecule is COc1cc(/C=N\NC(=S)NC2CCCCC2)cc(OC)c1OCC(N)=O. The Balaban J connectivity index is 2.01. The van der Waals surface area contributed by atoms with Crippen molar-refractivity contribution in [3.63, 3.8) is 0 Å². The van der Waals surface area contributed by atoms with Crippen LogP contribution in [0.4, 0.5) is 0 Å². The Labute approximate surface area is 164 Å². The molecule has 0 spiro atoms. The van der Waals surface area contributed by atoms with Gasteiger partial charge in [-0.2, -0.15) is 5.10 Å². The van der Waals surface area contributed by atoms with Gasteiger partial charge in [-0.15, -0.1) is 0 Å². The molecule has 2 rings (SSSR count). The molecular formula is C18H26N4O4S. The largest absolute Gasteiger partial charge is 0.493 e. The standard InChI is InChI=1S/C18H26N4O4S/c1-24-14-8-12(9-15(25-2)17(14)26-11-16(19)23)10-20-22-18(27)21-13-6-4-3-5-7-13/h8-10,13H,3-7,11H2,1-2H3,(H2,19,23)(H2,21,22,27)/b20-10-. The molecule has 0 heterocycles. The van der Waals surface area contributed by atoms with Crippen LogP contribution in [-0.4, -0.2) is 44.1 Å². The minimum absolute atomic E-state index is 0.275. The highest BCUT2D eigenvalue weighted by atomic mass is 32.1. The van der Waals surface area contributed by atoms with Gasteiger partial charge in [-0.1, -0.05) is 19.3 Å². The van der Waals surface area contributed by atoms with Crippen LogP contribution in [0.3, 0.4) is 0 Å². The zero-order chi connectivity index (χ0) is 19.6. The van der Waals surface area contributed by atoms with Gasteiger partial charge in [-0.25, -0.2) is 0 Å². The lowest BCUT2D eigenvalue weighted by molar-refractivity contribution is -0.119. The van der Waals surface area contributed by atoms with Crippen LogP contribution >= 0.6 is 12.2 Å². The summed E-state index contributed by atoms with van der Waals surface area (Å²) in [5.74, 6) is 0.520. The number of primary amides is 1. The number of hydrogen-bond acceptors (Lipinski definition) is 6. The van der Waals surface area contributed by atoms with Crippen molar-refractivity contribution in [2.75, 3.05) is 20.8 Å². The fourth-order valence-electron chi connectivity index (χ4n) is 2.89. The number of hydrogen-bond donors (Lipinski definition) is 3. The summed E-state index contributed by atoms with van der Waals surface area (Å²) >= 11 is 5.28. The Hall–Kier alpha value is -2.55. The zero-order valence-corrected chi connectivity index (χ0v) is 16.4. The molecule has 27 heavy (non-hydrogen) atoms. The van der Waals surface area contributed by atoms with Gasteiger partial charge < -0.3 is 25.3 Å². The van der Waals surface area contributed by atoms with E-state index in [1.165, 1.54) is 33.5 Å². The molecular weight excluding hydrogens is 368 g/mol.